The number of carboxylic acid groups (broad SMARTS) is 1. The Balaban J connectivity index is 3.36. The number of phenolic OH excluding ortho intramolecular Hbond substituents is 1. The van der Waals surface area contributed by atoms with Crippen molar-refractivity contribution in [2.45, 2.75) is 47.0 Å². The van der Waals surface area contributed by atoms with Crippen molar-refractivity contribution in [3.8, 4) is 5.75 Å². The summed E-state index contributed by atoms with van der Waals surface area (Å²) in [5.74, 6) is -0.282. The first kappa shape index (κ1) is 16.3. The maximum Gasteiger partial charge on any atom is 0.335 e. The van der Waals surface area contributed by atoms with Crippen molar-refractivity contribution in [2.75, 3.05) is 0 Å². The van der Waals surface area contributed by atoms with E-state index in [9.17, 15) is 15.0 Å². The topological polar surface area (TPSA) is 57.5 Å². The normalized spacial score (nSPS) is 12.3. The smallest absolute Gasteiger partial charge is 0.335 e. The van der Waals surface area contributed by atoms with Crippen molar-refractivity contribution < 1.29 is 15.0 Å². The fraction of sp³-hybridized carbons (Fsp3) is 0.471. The number of carboxylic acids is 1. The van der Waals surface area contributed by atoms with E-state index in [0.717, 1.165) is 11.1 Å². The number of hydrogen-bond acceptors (Lipinski definition) is 2. The van der Waals surface area contributed by atoms with Gasteiger partial charge in [-0.05, 0) is 55.4 Å². The SMILES string of the molecule is CC(C)=CCc1cc(C(=O)O)cc([C@H](C)C(C)C)c1O. The zero-order chi connectivity index (χ0) is 15.4. The zero-order valence-electron chi connectivity index (χ0n) is 12.9. The molecule has 2 N–H and O–H groups in total. The Labute approximate surface area is 121 Å². The third-order valence-corrected chi connectivity index (χ3v) is 3.69. The Kier molecular flexibility index (Phi) is 5.37. The van der Waals surface area contributed by atoms with E-state index in [1.807, 2.05) is 26.8 Å². The van der Waals surface area contributed by atoms with Crippen LogP contribution in [0.3, 0.4) is 0 Å². The van der Waals surface area contributed by atoms with Crippen LogP contribution in [-0.4, -0.2) is 16.2 Å². The molecule has 0 unspecified atom stereocenters. The van der Waals surface area contributed by atoms with E-state index in [2.05, 4.69) is 13.8 Å². The number of allylic oxidation sites excluding steroid dienone is 2. The highest BCUT2D eigenvalue weighted by Gasteiger charge is 2.19. The molecule has 1 aromatic rings. The third-order valence-electron chi connectivity index (χ3n) is 3.69. The first-order valence-electron chi connectivity index (χ1n) is 6.96. The van der Waals surface area contributed by atoms with Crippen LogP contribution in [0.15, 0.2) is 23.8 Å². The molecule has 0 heterocycles. The fourth-order valence-corrected chi connectivity index (χ4v) is 2.02. The molecule has 0 aromatic heterocycles. The molecule has 3 heteroatoms. The molecule has 1 atom stereocenters. The molecule has 0 bridgehead atoms. The Morgan fingerprint density at radius 3 is 2.30 bits per heavy atom. The van der Waals surface area contributed by atoms with Gasteiger partial charge in [0, 0.05) is 0 Å². The molecule has 0 aliphatic rings. The Bertz CT molecular complexity index is 523. The summed E-state index contributed by atoms with van der Waals surface area (Å²) < 4.78 is 0. The van der Waals surface area contributed by atoms with E-state index in [0.29, 0.717) is 17.9 Å². The summed E-state index contributed by atoms with van der Waals surface area (Å²) in [5, 5.41) is 19.6. The van der Waals surface area contributed by atoms with Gasteiger partial charge >= 0.3 is 5.97 Å². The predicted octanol–water partition coefficient (Wildman–Crippen LogP) is 4.36. The van der Waals surface area contributed by atoms with Gasteiger partial charge < -0.3 is 10.2 Å². The Morgan fingerprint density at radius 1 is 1.25 bits per heavy atom. The zero-order valence-corrected chi connectivity index (χ0v) is 12.9. The number of rotatable bonds is 5. The van der Waals surface area contributed by atoms with Crippen molar-refractivity contribution >= 4 is 5.97 Å². The van der Waals surface area contributed by atoms with Crippen LogP contribution in [0.5, 0.6) is 5.75 Å². The van der Waals surface area contributed by atoms with Gasteiger partial charge in [0.15, 0.2) is 0 Å². The van der Waals surface area contributed by atoms with Crippen LogP contribution in [0.25, 0.3) is 0 Å². The van der Waals surface area contributed by atoms with Crippen molar-refractivity contribution in [1.82, 2.24) is 0 Å². The number of aromatic hydroxyl groups is 1. The van der Waals surface area contributed by atoms with Crippen LogP contribution >= 0.6 is 0 Å². The second-order valence-electron chi connectivity index (χ2n) is 5.90. The van der Waals surface area contributed by atoms with Crippen molar-refractivity contribution in [2.24, 2.45) is 5.92 Å². The molecule has 0 saturated carbocycles. The number of hydrogen-bond donors (Lipinski definition) is 2. The molecule has 20 heavy (non-hydrogen) atoms. The van der Waals surface area contributed by atoms with Gasteiger partial charge in [0.05, 0.1) is 5.56 Å². The summed E-state index contributed by atoms with van der Waals surface area (Å²) >= 11 is 0. The van der Waals surface area contributed by atoms with Gasteiger partial charge in [0.25, 0.3) is 0 Å². The molecule has 0 amide bonds. The molecule has 0 aliphatic heterocycles. The first-order chi connectivity index (χ1) is 9.23. The van der Waals surface area contributed by atoms with Crippen LogP contribution in [0.1, 0.15) is 62.0 Å². The number of aromatic carboxylic acids is 1. The number of benzene rings is 1. The molecule has 110 valence electrons. The monoisotopic (exact) mass is 276 g/mol. The second kappa shape index (κ2) is 6.60. The van der Waals surface area contributed by atoms with Gasteiger partial charge in [-0.1, -0.05) is 32.4 Å². The molecular weight excluding hydrogens is 252 g/mol. The van der Waals surface area contributed by atoms with Gasteiger partial charge in [-0.25, -0.2) is 4.79 Å². The van der Waals surface area contributed by atoms with Crippen molar-refractivity contribution in [3.05, 3.63) is 40.5 Å². The second-order valence-corrected chi connectivity index (χ2v) is 5.90. The van der Waals surface area contributed by atoms with Crippen LogP contribution in [-0.2, 0) is 6.42 Å². The third kappa shape index (κ3) is 3.86. The fourth-order valence-electron chi connectivity index (χ4n) is 2.02. The lowest BCUT2D eigenvalue weighted by molar-refractivity contribution is 0.0696. The first-order valence-corrected chi connectivity index (χ1v) is 6.96. The Hall–Kier alpha value is -1.77. The summed E-state index contributed by atoms with van der Waals surface area (Å²) in [6.07, 6.45) is 2.54. The number of phenols is 1. The van der Waals surface area contributed by atoms with Crippen LogP contribution in [0.4, 0.5) is 0 Å². The highest BCUT2D eigenvalue weighted by atomic mass is 16.4. The van der Waals surface area contributed by atoms with Crippen LogP contribution in [0.2, 0.25) is 0 Å². The maximum absolute atomic E-state index is 11.3. The molecule has 0 spiro atoms. The molecule has 0 radical (unpaired) electrons. The molecule has 0 fully saturated rings. The molecule has 3 nitrogen and oxygen atoms in total. The minimum atomic E-state index is -0.958. The highest BCUT2D eigenvalue weighted by molar-refractivity contribution is 5.88. The highest BCUT2D eigenvalue weighted by Crippen LogP contribution is 2.35. The van der Waals surface area contributed by atoms with Crippen LogP contribution < -0.4 is 0 Å². The maximum atomic E-state index is 11.3. The average molecular weight is 276 g/mol. The largest absolute Gasteiger partial charge is 0.507 e. The van der Waals surface area contributed by atoms with Crippen molar-refractivity contribution in [1.29, 1.82) is 0 Å². The average Bonchev–Trinajstić information content (AvgIpc) is 2.36. The number of carbonyl (C=O) groups is 1. The molecule has 1 rings (SSSR count). The lowest BCUT2D eigenvalue weighted by Crippen LogP contribution is -2.07. The predicted molar refractivity (Wildman–Crippen MR) is 81.5 cm³/mol. The standard InChI is InChI=1S/C17H24O3/c1-10(2)6-7-13-8-14(17(19)20)9-15(16(13)18)12(5)11(3)4/h6,8-9,11-12,18H,7H2,1-5H3,(H,19,20)/t12-/m1/s1. The van der Waals surface area contributed by atoms with Gasteiger partial charge in [-0.15, -0.1) is 0 Å². The van der Waals surface area contributed by atoms with E-state index in [1.54, 1.807) is 12.1 Å². The molecule has 0 aliphatic carbocycles. The van der Waals surface area contributed by atoms with Crippen LogP contribution in [0, 0.1) is 5.92 Å². The minimum absolute atomic E-state index is 0.111. The van der Waals surface area contributed by atoms with Gasteiger partial charge in [-0.3, -0.25) is 0 Å². The van der Waals surface area contributed by atoms with Gasteiger partial charge in [0.2, 0.25) is 0 Å². The molecular formula is C17H24O3. The van der Waals surface area contributed by atoms with E-state index in [4.69, 9.17) is 0 Å². The lowest BCUT2D eigenvalue weighted by Gasteiger charge is -2.20. The summed E-state index contributed by atoms with van der Waals surface area (Å²) in [6.45, 7) is 10.1. The minimum Gasteiger partial charge on any atom is -0.507 e. The van der Waals surface area contributed by atoms with E-state index >= 15 is 0 Å². The van der Waals surface area contributed by atoms with E-state index in [1.165, 1.54) is 0 Å². The van der Waals surface area contributed by atoms with Gasteiger partial charge in [0.1, 0.15) is 5.75 Å². The van der Waals surface area contributed by atoms with Crippen molar-refractivity contribution in [3.63, 3.8) is 0 Å². The summed E-state index contributed by atoms with van der Waals surface area (Å²) in [5.41, 5.74) is 2.77. The summed E-state index contributed by atoms with van der Waals surface area (Å²) in [6, 6.07) is 3.15. The summed E-state index contributed by atoms with van der Waals surface area (Å²) in [4.78, 5) is 11.3. The summed E-state index contributed by atoms with van der Waals surface area (Å²) in [7, 11) is 0. The Morgan fingerprint density at radius 2 is 1.85 bits per heavy atom. The molecule has 1 aromatic carbocycles. The quantitative estimate of drug-likeness (QED) is 0.786. The van der Waals surface area contributed by atoms with E-state index < -0.39 is 5.97 Å². The molecule has 0 saturated heterocycles. The van der Waals surface area contributed by atoms with Gasteiger partial charge in [-0.2, -0.15) is 0 Å². The van der Waals surface area contributed by atoms with E-state index in [-0.39, 0.29) is 17.2 Å². The lowest BCUT2D eigenvalue weighted by atomic mass is 9.86.